The Hall–Kier alpha value is -2.63. The molecule has 1 amide bonds. The van der Waals surface area contributed by atoms with Crippen LogP contribution in [0.4, 0.5) is 18.9 Å². The molecule has 0 saturated heterocycles. The highest BCUT2D eigenvalue weighted by Crippen LogP contribution is 2.32. The number of aldehydes is 1. The molecule has 0 saturated carbocycles. The average molecular weight is 292 g/mol. The minimum absolute atomic E-state index is 0.146. The van der Waals surface area contributed by atoms with Gasteiger partial charge in [0, 0.05) is 11.3 Å². The zero-order chi connectivity index (χ0) is 15.5. The van der Waals surface area contributed by atoms with Gasteiger partial charge in [-0.25, -0.2) is 0 Å². The normalized spacial score (nSPS) is 11.0. The van der Waals surface area contributed by atoms with Gasteiger partial charge in [0.25, 0.3) is 5.91 Å². The van der Waals surface area contributed by atoms with Crippen molar-refractivity contribution >= 4 is 17.9 Å². The number of rotatable bonds is 3. The van der Waals surface area contributed by atoms with Crippen LogP contribution in [0.5, 0.6) is 0 Å². The minimum Gasteiger partial charge on any atom is -0.322 e. The first-order chi connectivity index (χ1) is 9.91. The second-order valence-corrected chi connectivity index (χ2v) is 4.17. The SMILES string of the molecule is O=Cc1ccc(C(=O)Nc2c[c]ccc2)c(C(F)(F)F)c1. The summed E-state index contributed by atoms with van der Waals surface area (Å²) in [5.41, 5.74) is -1.51. The summed E-state index contributed by atoms with van der Waals surface area (Å²) in [6.45, 7) is 0. The van der Waals surface area contributed by atoms with Crippen molar-refractivity contribution in [2.75, 3.05) is 5.32 Å². The summed E-state index contributed by atoms with van der Waals surface area (Å²) in [6.07, 6.45) is -4.43. The van der Waals surface area contributed by atoms with E-state index >= 15 is 0 Å². The highest BCUT2D eigenvalue weighted by molar-refractivity contribution is 6.05. The van der Waals surface area contributed by atoms with Crippen molar-refractivity contribution in [1.29, 1.82) is 0 Å². The van der Waals surface area contributed by atoms with Gasteiger partial charge in [0.05, 0.1) is 11.1 Å². The van der Waals surface area contributed by atoms with Crippen molar-refractivity contribution in [3.8, 4) is 0 Å². The third-order valence-electron chi connectivity index (χ3n) is 2.69. The van der Waals surface area contributed by atoms with Crippen LogP contribution >= 0.6 is 0 Å². The molecule has 0 aromatic heterocycles. The van der Waals surface area contributed by atoms with Crippen molar-refractivity contribution in [1.82, 2.24) is 0 Å². The molecule has 2 rings (SSSR count). The van der Waals surface area contributed by atoms with Gasteiger partial charge in [0.1, 0.15) is 6.29 Å². The minimum atomic E-state index is -4.73. The van der Waals surface area contributed by atoms with E-state index in [0.29, 0.717) is 18.0 Å². The molecule has 0 aliphatic rings. The zero-order valence-electron chi connectivity index (χ0n) is 10.6. The van der Waals surface area contributed by atoms with Gasteiger partial charge < -0.3 is 5.32 Å². The van der Waals surface area contributed by atoms with E-state index in [-0.39, 0.29) is 5.56 Å². The number of carbonyl (C=O) groups excluding carboxylic acids is 2. The van der Waals surface area contributed by atoms with Crippen LogP contribution < -0.4 is 5.32 Å². The standard InChI is InChI=1S/C15H9F3NO2/c16-15(17,18)13-8-10(9-20)6-7-12(13)14(21)19-11-4-2-1-3-5-11/h1-2,4-9H,(H,19,21). The lowest BCUT2D eigenvalue weighted by Crippen LogP contribution is -2.19. The van der Waals surface area contributed by atoms with Crippen molar-refractivity contribution < 1.29 is 22.8 Å². The van der Waals surface area contributed by atoms with Gasteiger partial charge in [-0.2, -0.15) is 13.2 Å². The van der Waals surface area contributed by atoms with Crippen LogP contribution in [0.25, 0.3) is 0 Å². The van der Waals surface area contributed by atoms with Crippen molar-refractivity contribution in [2.45, 2.75) is 6.18 Å². The summed E-state index contributed by atoms with van der Waals surface area (Å²) >= 11 is 0. The Morgan fingerprint density at radius 1 is 1.24 bits per heavy atom. The Balaban J connectivity index is 2.39. The van der Waals surface area contributed by atoms with E-state index in [1.807, 2.05) is 0 Å². The van der Waals surface area contributed by atoms with Gasteiger partial charge in [-0.15, -0.1) is 0 Å². The van der Waals surface area contributed by atoms with Crippen LogP contribution in [0, 0.1) is 6.07 Å². The molecular formula is C15H9F3NO2. The number of hydrogen-bond donors (Lipinski definition) is 1. The first-order valence-corrected chi connectivity index (χ1v) is 5.85. The maximum Gasteiger partial charge on any atom is 0.417 e. The van der Waals surface area contributed by atoms with Crippen LogP contribution in [0.3, 0.4) is 0 Å². The van der Waals surface area contributed by atoms with Crippen LogP contribution in [0.2, 0.25) is 0 Å². The molecule has 21 heavy (non-hydrogen) atoms. The summed E-state index contributed by atoms with van der Waals surface area (Å²) in [4.78, 5) is 22.6. The van der Waals surface area contributed by atoms with Crippen molar-refractivity contribution in [3.05, 3.63) is 65.2 Å². The van der Waals surface area contributed by atoms with E-state index in [0.717, 1.165) is 12.1 Å². The molecular weight excluding hydrogens is 283 g/mol. The molecule has 0 atom stereocenters. The molecule has 0 heterocycles. The molecule has 2 aromatic carbocycles. The fourth-order valence-electron chi connectivity index (χ4n) is 1.74. The molecule has 0 bridgehead atoms. The van der Waals surface area contributed by atoms with Crippen molar-refractivity contribution in [3.63, 3.8) is 0 Å². The van der Waals surface area contributed by atoms with Crippen molar-refractivity contribution in [2.24, 2.45) is 0 Å². The quantitative estimate of drug-likeness (QED) is 0.879. The first-order valence-electron chi connectivity index (χ1n) is 5.85. The fraction of sp³-hybridized carbons (Fsp3) is 0.0667. The molecule has 0 aliphatic carbocycles. The van der Waals surface area contributed by atoms with E-state index < -0.39 is 23.2 Å². The van der Waals surface area contributed by atoms with E-state index in [1.165, 1.54) is 12.1 Å². The lowest BCUT2D eigenvalue weighted by atomic mass is 10.0. The Morgan fingerprint density at radius 2 is 2.00 bits per heavy atom. The molecule has 1 N–H and O–H groups in total. The second-order valence-electron chi connectivity index (χ2n) is 4.17. The van der Waals surface area contributed by atoms with E-state index in [9.17, 15) is 22.8 Å². The second kappa shape index (κ2) is 5.78. The molecule has 3 nitrogen and oxygen atoms in total. The Morgan fingerprint density at radius 3 is 2.57 bits per heavy atom. The maximum atomic E-state index is 13.0. The number of benzene rings is 2. The topological polar surface area (TPSA) is 46.2 Å². The van der Waals surface area contributed by atoms with Gasteiger partial charge in [0.15, 0.2) is 0 Å². The number of anilines is 1. The summed E-state index contributed by atoms with van der Waals surface area (Å²) in [5.74, 6) is -0.903. The van der Waals surface area contributed by atoms with Gasteiger partial charge in [-0.1, -0.05) is 18.2 Å². The summed E-state index contributed by atoms with van der Waals surface area (Å²) in [7, 11) is 0. The number of nitrogens with one attached hydrogen (secondary N) is 1. The Labute approximate surface area is 118 Å². The number of hydrogen-bond acceptors (Lipinski definition) is 2. The molecule has 2 aromatic rings. The predicted octanol–water partition coefficient (Wildman–Crippen LogP) is 3.57. The summed E-state index contributed by atoms with van der Waals surface area (Å²) in [6, 6.07) is 11.6. The number of amides is 1. The van der Waals surface area contributed by atoms with Gasteiger partial charge >= 0.3 is 6.18 Å². The first kappa shape index (κ1) is 14.8. The average Bonchev–Trinajstić information content (AvgIpc) is 2.46. The van der Waals surface area contributed by atoms with Crippen LogP contribution in [-0.4, -0.2) is 12.2 Å². The molecule has 0 unspecified atom stereocenters. The van der Waals surface area contributed by atoms with E-state index in [1.54, 1.807) is 12.1 Å². The van der Waals surface area contributed by atoms with E-state index in [2.05, 4.69) is 11.4 Å². The van der Waals surface area contributed by atoms with Gasteiger partial charge in [-0.3, -0.25) is 9.59 Å². The molecule has 0 spiro atoms. The molecule has 107 valence electrons. The highest BCUT2D eigenvalue weighted by Gasteiger charge is 2.35. The lowest BCUT2D eigenvalue weighted by molar-refractivity contribution is -0.137. The van der Waals surface area contributed by atoms with Gasteiger partial charge in [-0.05, 0) is 30.3 Å². The number of alkyl halides is 3. The fourth-order valence-corrected chi connectivity index (χ4v) is 1.74. The van der Waals surface area contributed by atoms with Crippen LogP contribution in [0.15, 0.2) is 42.5 Å². The zero-order valence-corrected chi connectivity index (χ0v) is 10.6. The molecule has 0 fully saturated rings. The van der Waals surface area contributed by atoms with Crippen LogP contribution in [0.1, 0.15) is 26.3 Å². The maximum absolute atomic E-state index is 13.0. The van der Waals surface area contributed by atoms with Gasteiger partial charge in [0.2, 0.25) is 0 Å². The molecule has 1 radical (unpaired) electrons. The smallest absolute Gasteiger partial charge is 0.322 e. The third-order valence-corrected chi connectivity index (χ3v) is 2.69. The summed E-state index contributed by atoms with van der Waals surface area (Å²) < 4.78 is 38.9. The molecule has 6 heteroatoms. The Bertz CT molecular complexity index is 666. The highest BCUT2D eigenvalue weighted by atomic mass is 19.4. The predicted molar refractivity (Wildman–Crippen MR) is 70.1 cm³/mol. The summed E-state index contributed by atoms with van der Waals surface area (Å²) in [5, 5.41) is 2.35. The molecule has 0 aliphatic heterocycles. The largest absolute Gasteiger partial charge is 0.417 e. The third kappa shape index (κ3) is 3.47. The van der Waals surface area contributed by atoms with Crippen LogP contribution in [-0.2, 0) is 6.18 Å². The number of carbonyl (C=O) groups is 2. The monoisotopic (exact) mass is 292 g/mol. The Kier molecular flexibility index (Phi) is 4.07. The lowest BCUT2D eigenvalue weighted by Gasteiger charge is -2.13. The number of halogens is 3. The van der Waals surface area contributed by atoms with E-state index in [4.69, 9.17) is 0 Å².